The van der Waals surface area contributed by atoms with Gasteiger partial charge in [0.05, 0.1) is 0 Å². The number of hydrogen-bond donors (Lipinski definition) is 2. The molecule has 1 aliphatic carbocycles. The van der Waals surface area contributed by atoms with Gasteiger partial charge < -0.3 is 10.6 Å². The smallest absolute Gasteiger partial charge is 0.191 e. The fourth-order valence-corrected chi connectivity index (χ4v) is 2.88. The van der Waals surface area contributed by atoms with E-state index in [4.69, 9.17) is 11.6 Å². The number of nitrogens with zero attached hydrogens (tertiary/aromatic N) is 2. The minimum absolute atomic E-state index is 0. The van der Waals surface area contributed by atoms with Crippen molar-refractivity contribution in [1.29, 1.82) is 0 Å². The van der Waals surface area contributed by atoms with Gasteiger partial charge in [-0.3, -0.25) is 9.98 Å². The molecule has 0 spiro atoms. The predicted molar refractivity (Wildman–Crippen MR) is 110 cm³/mol. The second-order valence-electron chi connectivity index (χ2n) is 5.72. The van der Waals surface area contributed by atoms with E-state index in [1.54, 1.807) is 7.05 Å². The molecule has 2 atom stereocenters. The molecule has 3 rings (SSSR count). The molecule has 128 valence electrons. The van der Waals surface area contributed by atoms with Crippen LogP contribution in [0, 0.1) is 0 Å². The molecule has 1 aromatic carbocycles. The molecule has 0 radical (unpaired) electrons. The lowest BCUT2D eigenvalue weighted by Crippen LogP contribution is -2.40. The van der Waals surface area contributed by atoms with Gasteiger partial charge >= 0.3 is 0 Å². The van der Waals surface area contributed by atoms with Crippen molar-refractivity contribution in [1.82, 2.24) is 15.6 Å². The minimum atomic E-state index is 0. The maximum absolute atomic E-state index is 6.06. The Morgan fingerprint density at radius 1 is 1.29 bits per heavy atom. The van der Waals surface area contributed by atoms with Crippen molar-refractivity contribution in [2.24, 2.45) is 4.99 Å². The lowest BCUT2D eigenvalue weighted by Gasteiger charge is -2.11. The van der Waals surface area contributed by atoms with E-state index in [1.165, 1.54) is 5.56 Å². The first-order chi connectivity index (χ1) is 11.3. The second kappa shape index (κ2) is 9.22. The van der Waals surface area contributed by atoms with Crippen LogP contribution >= 0.6 is 35.6 Å². The number of hydrogen-bond acceptors (Lipinski definition) is 2. The molecule has 0 aliphatic heterocycles. The van der Waals surface area contributed by atoms with Crippen molar-refractivity contribution in [3.05, 3.63) is 64.9 Å². The van der Waals surface area contributed by atoms with E-state index in [-0.39, 0.29) is 24.0 Å². The summed E-state index contributed by atoms with van der Waals surface area (Å²) < 4.78 is 0. The standard InChI is InChI=1S/C18H21ClN4.HI/c1-20-18(22-10-8-15-7-2-3-9-21-15)23-17-12-16(17)13-5-4-6-14(19)11-13;/h2-7,9,11,16-17H,8,10,12H2,1H3,(H2,20,22,23);1H. The largest absolute Gasteiger partial charge is 0.356 e. The number of guanidine groups is 1. The summed E-state index contributed by atoms with van der Waals surface area (Å²) in [5.41, 5.74) is 2.37. The SMILES string of the molecule is CN=C(NCCc1ccccn1)NC1CC1c1cccc(Cl)c1.I. The summed E-state index contributed by atoms with van der Waals surface area (Å²) in [6.07, 6.45) is 3.81. The second-order valence-corrected chi connectivity index (χ2v) is 6.15. The number of benzene rings is 1. The van der Waals surface area contributed by atoms with Gasteiger partial charge in [-0.25, -0.2) is 0 Å². The van der Waals surface area contributed by atoms with Crippen molar-refractivity contribution in [3.63, 3.8) is 0 Å². The van der Waals surface area contributed by atoms with E-state index in [0.717, 1.165) is 36.1 Å². The fourth-order valence-electron chi connectivity index (χ4n) is 2.69. The Kier molecular flexibility index (Phi) is 7.30. The summed E-state index contributed by atoms with van der Waals surface area (Å²) in [6, 6.07) is 14.5. The van der Waals surface area contributed by atoms with Crippen LogP contribution in [0.25, 0.3) is 0 Å². The summed E-state index contributed by atoms with van der Waals surface area (Å²) in [5, 5.41) is 7.61. The summed E-state index contributed by atoms with van der Waals surface area (Å²) in [6.45, 7) is 0.811. The maximum Gasteiger partial charge on any atom is 0.191 e. The number of aromatic nitrogens is 1. The first-order valence-electron chi connectivity index (χ1n) is 7.89. The minimum Gasteiger partial charge on any atom is -0.356 e. The first-order valence-corrected chi connectivity index (χ1v) is 8.26. The highest BCUT2D eigenvalue weighted by atomic mass is 127. The first kappa shape index (κ1) is 19.0. The molecule has 1 fully saturated rings. The average molecular weight is 457 g/mol. The molecule has 1 aromatic heterocycles. The Bertz CT molecular complexity index is 678. The molecule has 2 aromatic rings. The van der Waals surface area contributed by atoms with Crippen LogP contribution in [-0.4, -0.2) is 30.6 Å². The van der Waals surface area contributed by atoms with Crippen molar-refractivity contribution in [2.45, 2.75) is 24.8 Å². The van der Waals surface area contributed by atoms with Gasteiger partial charge in [0, 0.05) is 48.9 Å². The molecule has 24 heavy (non-hydrogen) atoms. The van der Waals surface area contributed by atoms with E-state index in [2.05, 4.69) is 26.7 Å². The fraction of sp³-hybridized carbons (Fsp3) is 0.333. The van der Waals surface area contributed by atoms with Gasteiger partial charge in [-0.15, -0.1) is 24.0 Å². The quantitative estimate of drug-likeness (QED) is 0.410. The molecule has 2 unspecified atom stereocenters. The highest BCUT2D eigenvalue weighted by Crippen LogP contribution is 2.41. The zero-order valence-corrected chi connectivity index (χ0v) is 16.7. The molecule has 0 saturated heterocycles. The van der Waals surface area contributed by atoms with Crippen LogP contribution in [0.1, 0.15) is 23.6 Å². The Morgan fingerprint density at radius 3 is 2.88 bits per heavy atom. The molecule has 1 aliphatic rings. The molecule has 2 N–H and O–H groups in total. The zero-order valence-electron chi connectivity index (χ0n) is 13.6. The molecule has 4 nitrogen and oxygen atoms in total. The van der Waals surface area contributed by atoms with E-state index in [1.807, 2.05) is 42.6 Å². The highest BCUT2D eigenvalue weighted by molar-refractivity contribution is 14.0. The third-order valence-corrected chi connectivity index (χ3v) is 4.25. The van der Waals surface area contributed by atoms with Gasteiger partial charge in [0.25, 0.3) is 0 Å². The highest BCUT2D eigenvalue weighted by Gasteiger charge is 2.39. The molecule has 0 bridgehead atoms. The van der Waals surface area contributed by atoms with Crippen molar-refractivity contribution in [3.8, 4) is 0 Å². The molecule has 6 heteroatoms. The third kappa shape index (κ3) is 5.34. The average Bonchev–Trinajstić information content (AvgIpc) is 3.34. The summed E-state index contributed by atoms with van der Waals surface area (Å²) in [7, 11) is 1.80. The zero-order chi connectivity index (χ0) is 16.1. The van der Waals surface area contributed by atoms with Gasteiger partial charge in [0.1, 0.15) is 0 Å². The van der Waals surface area contributed by atoms with E-state index >= 15 is 0 Å². The van der Waals surface area contributed by atoms with Gasteiger partial charge in [-0.1, -0.05) is 29.8 Å². The van der Waals surface area contributed by atoms with Crippen LogP contribution in [0.4, 0.5) is 0 Å². The Morgan fingerprint density at radius 2 is 2.17 bits per heavy atom. The topological polar surface area (TPSA) is 49.3 Å². The maximum atomic E-state index is 6.06. The van der Waals surface area contributed by atoms with Gasteiger partial charge in [-0.2, -0.15) is 0 Å². The van der Waals surface area contributed by atoms with Crippen molar-refractivity contribution < 1.29 is 0 Å². The van der Waals surface area contributed by atoms with Crippen molar-refractivity contribution in [2.75, 3.05) is 13.6 Å². The van der Waals surface area contributed by atoms with E-state index < -0.39 is 0 Å². The Hall–Kier alpha value is -1.34. The number of nitrogens with one attached hydrogen (secondary N) is 2. The molecule has 0 amide bonds. The number of pyridine rings is 1. The van der Waals surface area contributed by atoms with Crippen LogP contribution in [0.5, 0.6) is 0 Å². The van der Waals surface area contributed by atoms with Gasteiger partial charge in [0.15, 0.2) is 5.96 Å². The van der Waals surface area contributed by atoms with Crippen LogP contribution in [0.2, 0.25) is 5.02 Å². The van der Waals surface area contributed by atoms with Crippen LogP contribution in [-0.2, 0) is 6.42 Å². The molecular weight excluding hydrogens is 435 g/mol. The van der Waals surface area contributed by atoms with Crippen molar-refractivity contribution >= 4 is 41.5 Å². The van der Waals surface area contributed by atoms with Crippen LogP contribution in [0.15, 0.2) is 53.7 Å². The third-order valence-electron chi connectivity index (χ3n) is 4.01. The lowest BCUT2D eigenvalue weighted by atomic mass is 10.1. The summed E-state index contributed by atoms with van der Waals surface area (Å²) >= 11 is 6.06. The lowest BCUT2D eigenvalue weighted by molar-refractivity contribution is 0.772. The monoisotopic (exact) mass is 456 g/mol. The summed E-state index contributed by atoms with van der Waals surface area (Å²) in [4.78, 5) is 8.61. The number of rotatable bonds is 5. The summed E-state index contributed by atoms with van der Waals surface area (Å²) in [5.74, 6) is 1.36. The van der Waals surface area contributed by atoms with Crippen LogP contribution < -0.4 is 10.6 Å². The van der Waals surface area contributed by atoms with Crippen LogP contribution in [0.3, 0.4) is 0 Å². The number of halogens is 2. The molecule has 1 heterocycles. The normalized spacial score (nSPS) is 19.3. The van der Waals surface area contributed by atoms with E-state index in [9.17, 15) is 0 Å². The van der Waals surface area contributed by atoms with Gasteiger partial charge in [0.2, 0.25) is 0 Å². The van der Waals surface area contributed by atoms with E-state index in [0.29, 0.717) is 12.0 Å². The number of aliphatic imine (C=N–C) groups is 1. The Labute approximate surface area is 165 Å². The predicted octanol–water partition coefficient (Wildman–Crippen LogP) is 3.62. The van der Waals surface area contributed by atoms with Gasteiger partial charge in [-0.05, 0) is 36.2 Å². The molecular formula is C18H22ClIN4. The Balaban J connectivity index is 0.00000208. The molecule has 1 saturated carbocycles.